The highest BCUT2D eigenvalue weighted by atomic mass is 16.5. The SMILES string of the molecule is CC(C)(N=NC(C)(C)C(N)=NCC(O)O)C(=N)N. The highest BCUT2D eigenvalue weighted by Gasteiger charge is 2.26. The second-order valence-corrected chi connectivity index (χ2v) is 4.94. The summed E-state index contributed by atoms with van der Waals surface area (Å²) in [5.74, 6) is 0.0158. The summed E-state index contributed by atoms with van der Waals surface area (Å²) >= 11 is 0. The molecule has 8 heteroatoms. The molecule has 0 aromatic rings. The lowest BCUT2D eigenvalue weighted by Crippen LogP contribution is -2.39. The summed E-state index contributed by atoms with van der Waals surface area (Å²) in [6.07, 6.45) is -1.55. The number of nitrogens with two attached hydrogens (primary N) is 2. The van der Waals surface area contributed by atoms with Crippen LogP contribution < -0.4 is 11.5 Å². The first-order valence-electron chi connectivity index (χ1n) is 5.44. The molecule has 0 unspecified atom stereocenters. The van der Waals surface area contributed by atoms with E-state index in [1.54, 1.807) is 27.7 Å². The largest absolute Gasteiger partial charge is 0.386 e. The van der Waals surface area contributed by atoms with Crippen LogP contribution in [0.1, 0.15) is 27.7 Å². The second-order valence-electron chi connectivity index (χ2n) is 4.94. The van der Waals surface area contributed by atoms with E-state index in [0.717, 1.165) is 0 Å². The van der Waals surface area contributed by atoms with E-state index in [0.29, 0.717) is 0 Å². The normalized spacial score (nSPS) is 14.5. The minimum absolute atomic E-state index is 0.108. The maximum atomic E-state index is 8.69. The molecule has 0 fully saturated rings. The molecule has 0 amide bonds. The monoisotopic (exact) mass is 258 g/mol. The summed E-state index contributed by atoms with van der Waals surface area (Å²) in [6.45, 7) is 6.44. The molecule has 104 valence electrons. The summed E-state index contributed by atoms with van der Waals surface area (Å²) in [4.78, 5) is 3.80. The molecule has 8 nitrogen and oxygen atoms in total. The lowest BCUT2D eigenvalue weighted by Gasteiger charge is -2.22. The zero-order valence-corrected chi connectivity index (χ0v) is 11.2. The van der Waals surface area contributed by atoms with Crippen molar-refractivity contribution in [1.29, 1.82) is 5.41 Å². The van der Waals surface area contributed by atoms with E-state index < -0.39 is 17.4 Å². The quantitative estimate of drug-likeness (QED) is 0.190. The van der Waals surface area contributed by atoms with Gasteiger partial charge in [0, 0.05) is 0 Å². The van der Waals surface area contributed by atoms with Crippen LogP contribution in [0.25, 0.3) is 0 Å². The lowest BCUT2D eigenvalue weighted by atomic mass is 10.0. The van der Waals surface area contributed by atoms with E-state index in [1.165, 1.54) is 0 Å². The van der Waals surface area contributed by atoms with Crippen molar-refractivity contribution in [1.82, 2.24) is 0 Å². The standard InChI is InChI=1S/C10H22N6O2/c1-9(2,7(11)12)15-16-10(3,4)8(13)14-5-6(17)18/h6,17-18H,5H2,1-4H3,(H3,11,12)(H2,13,14). The number of hydrogen-bond donors (Lipinski definition) is 5. The van der Waals surface area contributed by atoms with Gasteiger partial charge in [0.05, 0.1) is 6.54 Å². The van der Waals surface area contributed by atoms with Crippen LogP contribution in [0, 0.1) is 5.41 Å². The first-order valence-corrected chi connectivity index (χ1v) is 5.44. The van der Waals surface area contributed by atoms with Gasteiger partial charge in [-0.3, -0.25) is 10.4 Å². The molecular weight excluding hydrogens is 236 g/mol. The molecule has 0 aliphatic heterocycles. The molecule has 0 atom stereocenters. The van der Waals surface area contributed by atoms with E-state index in [4.69, 9.17) is 27.1 Å². The number of nitrogens with zero attached hydrogens (tertiary/aromatic N) is 3. The molecule has 0 aliphatic rings. The molecule has 0 saturated carbocycles. The van der Waals surface area contributed by atoms with Gasteiger partial charge in [-0.05, 0) is 27.7 Å². The Labute approximate surface area is 106 Å². The Kier molecular flexibility index (Phi) is 5.37. The number of aliphatic hydroxyl groups is 2. The molecule has 0 rings (SSSR count). The van der Waals surface area contributed by atoms with E-state index in [2.05, 4.69) is 15.2 Å². The van der Waals surface area contributed by atoms with Gasteiger partial charge in [-0.2, -0.15) is 10.2 Å². The Balaban J connectivity index is 4.90. The third kappa shape index (κ3) is 5.19. The van der Waals surface area contributed by atoms with Gasteiger partial charge in [0.25, 0.3) is 0 Å². The summed E-state index contributed by atoms with van der Waals surface area (Å²) in [5.41, 5.74) is 9.26. The van der Waals surface area contributed by atoms with Gasteiger partial charge in [-0.15, -0.1) is 0 Å². The Morgan fingerprint density at radius 1 is 1.11 bits per heavy atom. The number of nitrogens with one attached hydrogen (secondary N) is 1. The topological polar surface area (TPSA) is 153 Å². The minimum Gasteiger partial charge on any atom is -0.386 e. The van der Waals surface area contributed by atoms with Gasteiger partial charge in [-0.1, -0.05) is 0 Å². The second kappa shape index (κ2) is 5.87. The fourth-order valence-corrected chi connectivity index (χ4v) is 0.729. The third-order valence-corrected chi connectivity index (χ3v) is 2.26. The molecule has 0 heterocycles. The molecular formula is C10H22N6O2. The van der Waals surface area contributed by atoms with E-state index in [-0.39, 0.29) is 18.2 Å². The average molecular weight is 258 g/mol. The summed E-state index contributed by atoms with van der Waals surface area (Å²) < 4.78 is 0. The number of hydrogen-bond acceptors (Lipinski definition) is 6. The summed E-state index contributed by atoms with van der Waals surface area (Å²) in [6, 6.07) is 0. The highest BCUT2D eigenvalue weighted by molar-refractivity contribution is 5.89. The summed E-state index contributed by atoms with van der Waals surface area (Å²) in [5, 5.41) is 32.7. The van der Waals surface area contributed by atoms with Crippen molar-refractivity contribution in [2.45, 2.75) is 45.1 Å². The smallest absolute Gasteiger partial charge is 0.171 e. The molecule has 7 N–H and O–H groups in total. The van der Waals surface area contributed by atoms with Crippen LogP contribution in [-0.2, 0) is 0 Å². The highest BCUT2D eigenvalue weighted by Crippen LogP contribution is 2.16. The van der Waals surface area contributed by atoms with Crippen molar-refractivity contribution >= 4 is 11.7 Å². The molecule has 0 aliphatic carbocycles. The Morgan fingerprint density at radius 3 is 1.94 bits per heavy atom. The molecule has 0 aromatic carbocycles. The molecule has 0 saturated heterocycles. The lowest BCUT2D eigenvalue weighted by molar-refractivity contribution is -0.0305. The molecule has 0 bridgehead atoms. The van der Waals surface area contributed by atoms with Crippen molar-refractivity contribution in [2.24, 2.45) is 26.7 Å². The third-order valence-electron chi connectivity index (χ3n) is 2.26. The van der Waals surface area contributed by atoms with Gasteiger partial charge in [0.1, 0.15) is 22.7 Å². The van der Waals surface area contributed by atoms with Gasteiger partial charge in [-0.25, -0.2) is 0 Å². The van der Waals surface area contributed by atoms with Gasteiger partial charge < -0.3 is 21.7 Å². The Bertz CT molecular complexity index is 359. The number of azo groups is 1. The van der Waals surface area contributed by atoms with Crippen LogP contribution in [-0.4, -0.2) is 45.8 Å². The van der Waals surface area contributed by atoms with Crippen molar-refractivity contribution < 1.29 is 10.2 Å². The zero-order chi connectivity index (χ0) is 14.6. The molecule has 0 aromatic heterocycles. The van der Waals surface area contributed by atoms with Crippen molar-refractivity contribution in [3.05, 3.63) is 0 Å². The van der Waals surface area contributed by atoms with E-state index >= 15 is 0 Å². The molecule has 18 heavy (non-hydrogen) atoms. The minimum atomic E-state index is -1.55. The van der Waals surface area contributed by atoms with Crippen LogP contribution in [0.15, 0.2) is 15.2 Å². The maximum absolute atomic E-state index is 8.69. The van der Waals surface area contributed by atoms with Crippen LogP contribution in [0.3, 0.4) is 0 Å². The van der Waals surface area contributed by atoms with Gasteiger partial charge >= 0.3 is 0 Å². The first kappa shape index (κ1) is 16.5. The van der Waals surface area contributed by atoms with Crippen molar-refractivity contribution in [3.8, 4) is 0 Å². The number of aliphatic imine (C=N–C) groups is 1. The number of rotatable bonds is 6. The Morgan fingerprint density at radius 2 is 1.56 bits per heavy atom. The number of aliphatic hydroxyl groups excluding tert-OH is 1. The van der Waals surface area contributed by atoms with E-state index in [9.17, 15) is 0 Å². The van der Waals surface area contributed by atoms with Crippen molar-refractivity contribution in [2.75, 3.05) is 6.54 Å². The van der Waals surface area contributed by atoms with Crippen LogP contribution in [0.5, 0.6) is 0 Å². The average Bonchev–Trinajstić information content (AvgIpc) is 2.23. The Hall–Kier alpha value is -1.54. The van der Waals surface area contributed by atoms with E-state index in [1.807, 2.05) is 0 Å². The van der Waals surface area contributed by atoms with Crippen molar-refractivity contribution in [3.63, 3.8) is 0 Å². The first-order chi connectivity index (χ1) is 7.99. The maximum Gasteiger partial charge on any atom is 0.171 e. The number of amidine groups is 2. The molecule has 0 radical (unpaired) electrons. The van der Waals surface area contributed by atoms with Gasteiger partial charge in [0.15, 0.2) is 6.29 Å². The fourth-order valence-electron chi connectivity index (χ4n) is 0.729. The van der Waals surface area contributed by atoms with Crippen LogP contribution >= 0.6 is 0 Å². The van der Waals surface area contributed by atoms with Crippen LogP contribution in [0.2, 0.25) is 0 Å². The van der Waals surface area contributed by atoms with Crippen LogP contribution in [0.4, 0.5) is 0 Å². The predicted molar refractivity (Wildman–Crippen MR) is 69.6 cm³/mol. The summed E-state index contributed by atoms with van der Waals surface area (Å²) in [7, 11) is 0. The molecule has 0 spiro atoms. The van der Waals surface area contributed by atoms with Gasteiger partial charge in [0.2, 0.25) is 0 Å². The predicted octanol–water partition coefficient (Wildman–Crippen LogP) is -0.400. The zero-order valence-electron chi connectivity index (χ0n) is 11.2. The fraction of sp³-hybridized carbons (Fsp3) is 0.800.